The molecule has 1 saturated heterocycles. The number of methoxy groups -OCH3 is 3. The maximum Gasteiger partial charge on any atom is 0.207 e. The summed E-state index contributed by atoms with van der Waals surface area (Å²) in [4.78, 5) is 4.58. The van der Waals surface area contributed by atoms with Crippen LogP contribution < -0.4 is 28.6 Å². The second-order valence-electron chi connectivity index (χ2n) is 9.43. The van der Waals surface area contributed by atoms with E-state index in [0.29, 0.717) is 41.9 Å². The van der Waals surface area contributed by atoms with Crippen LogP contribution in [0, 0.1) is 6.92 Å². The van der Waals surface area contributed by atoms with Crippen LogP contribution in [0.2, 0.25) is 0 Å². The molecule has 1 atom stereocenters. The highest BCUT2D eigenvalue weighted by molar-refractivity contribution is 5.65. The van der Waals surface area contributed by atoms with Crippen molar-refractivity contribution in [2.45, 2.75) is 26.6 Å². The van der Waals surface area contributed by atoms with E-state index in [1.54, 1.807) is 21.3 Å². The molecule has 0 spiro atoms. The van der Waals surface area contributed by atoms with E-state index in [4.69, 9.17) is 23.7 Å². The molecule has 0 saturated carbocycles. The van der Waals surface area contributed by atoms with Crippen LogP contribution in [0.25, 0.3) is 0 Å². The van der Waals surface area contributed by atoms with Gasteiger partial charge in [-0.25, -0.2) is 0 Å². The lowest BCUT2D eigenvalue weighted by Gasteiger charge is -2.37. The molecule has 204 valence electrons. The predicted molar refractivity (Wildman–Crippen MR) is 148 cm³/mol. The third-order valence-electron chi connectivity index (χ3n) is 6.59. The molecule has 0 radical (unpaired) electrons. The van der Waals surface area contributed by atoms with Crippen LogP contribution in [-0.4, -0.2) is 70.2 Å². The number of aliphatic hydroxyl groups excluding tert-OH is 1. The minimum atomic E-state index is -0.323. The minimum Gasteiger partial charge on any atom is -0.494 e. The fourth-order valence-corrected chi connectivity index (χ4v) is 4.74. The topological polar surface area (TPSA) is 72.9 Å². The number of hydrogen-bond acceptors (Lipinski definition) is 8. The molecule has 0 amide bonds. The highest BCUT2D eigenvalue weighted by Gasteiger charge is 2.23. The zero-order valence-corrected chi connectivity index (χ0v) is 22.9. The summed E-state index contributed by atoms with van der Waals surface area (Å²) in [5.74, 6) is 3.43. The van der Waals surface area contributed by atoms with E-state index in [1.165, 1.54) is 0 Å². The first-order chi connectivity index (χ1) is 18.4. The Kier molecular flexibility index (Phi) is 9.20. The summed E-state index contributed by atoms with van der Waals surface area (Å²) < 4.78 is 29.6. The third kappa shape index (κ3) is 6.44. The van der Waals surface area contributed by atoms with Gasteiger partial charge in [0.2, 0.25) is 11.5 Å². The average molecular weight is 523 g/mol. The van der Waals surface area contributed by atoms with Crippen molar-refractivity contribution < 1.29 is 28.8 Å². The Labute approximate surface area is 225 Å². The van der Waals surface area contributed by atoms with Gasteiger partial charge in [-0.05, 0) is 43.2 Å². The Bertz CT molecular complexity index is 1190. The molecule has 1 aliphatic heterocycles. The van der Waals surface area contributed by atoms with Gasteiger partial charge in [-0.3, -0.25) is 4.90 Å². The Hall–Kier alpha value is -3.62. The van der Waals surface area contributed by atoms with Crippen LogP contribution >= 0.6 is 0 Å². The van der Waals surface area contributed by atoms with Crippen molar-refractivity contribution in [3.63, 3.8) is 0 Å². The van der Waals surface area contributed by atoms with Gasteiger partial charge in [-0.1, -0.05) is 30.3 Å². The molecule has 8 nitrogen and oxygen atoms in total. The van der Waals surface area contributed by atoms with Crippen LogP contribution in [-0.2, 0) is 6.61 Å². The van der Waals surface area contributed by atoms with E-state index >= 15 is 0 Å². The first-order valence-corrected chi connectivity index (χ1v) is 12.9. The molecule has 38 heavy (non-hydrogen) atoms. The SMILES string of the molecule is COc1cc(Oc2cc(C)c(OCc3ccccc3)c(OC)c2OC)ccc1N1CCN(CC(C)O)CC1. The van der Waals surface area contributed by atoms with Crippen molar-refractivity contribution in [3.05, 3.63) is 65.7 Å². The Morgan fingerprint density at radius 3 is 2.16 bits per heavy atom. The number of ether oxygens (including phenoxy) is 5. The van der Waals surface area contributed by atoms with Gasteiger partial charge in [0.25, 0.3) is 0 Å². The molecule has 8 heteroatoms. The monoisotopic (exact) mass is 522 g/mol. The number of aryl methyl sites for hydroxylation is 1. The second-order valence-corrected chi connectivity index (χ2v) is 9.43. The molecule has 0 aliphatic carbocycles. The number of hydrogen-bond donors (Lipinski definition) is 1. The van der Waals surface area contributed by atoms with Crippen molar-refractivity contribution >= 4 is 5.69 Å². The highest BCUT2D eigenvalue weighted by atomic mass is 16.5. The zero-order chi connectivity index (χ0) is 27.1. The lowest BCUT2D eigenvalue weighted by molar-refractivity contribution is 0.122. The average Bonchev–Trinajstić information content (AvgIpc) is 2.92. The standard InChI is InChI=1S/C30H38N2O6/c1-21-17-27(29(35-4)30(36-5)28(21)37-20-23-9-7-6-8-10-23)38-24-11-12-25(26(18-24)34-3)32-15-13-31(14-16-32)19-22(2)33/h6-12,17-18,22,33H,13-16,19-20H2,1-5H3. The van der Waals surface area contributed by atoms with Gasteiger partial charge in [-0.15, -0.1) is 0 Å². The molecule has 3 aromatic carbocycles. The summed E-state index contributed by atoms with van der Waals surface area (Å²) in [5.41, 5.74) is 2.94. The normalized spacial score (nSPS) is 14.6. The number of piperazine rings is 1. The van der Waals surface area contributed by atoms with Crippen LogP contribution in [0.3, 0.4) is 0 Å². The minimum absolute atomic E-state index is 0.323. The number of aliphatic hydroxyl groups is 1. The lowest BCUT2D eigenvalue weighted by Crippen LogP contribution is -2.48. The number of anilines is 1. The van der Waals surface area contributed by atoms with E-state index in [0.717, 1.165) is 48.7 Å². The van der Waals surface area contributed by atoms with Gasteiger partial charge >= 0.3 is 0 Å². The highest BCUT2D eigenvalue weighted by Crippen LogP contribution is 2.48. The quantitative estimate of drug-likeness (QED) is 0.382. The van der Waals surface area contributed by atoms with Gasteiger partial charge in [0.1, 0.15) is 18.1 Å². The predicted octanol–water partition coefficient (Wildman–Crippen LogP) is 4.89. The molecule has 0 aromatic heterocycles. The Balaban J connectivity index is 1.53. The smallest absolute Gasteiger partial charge is 0.207 e. The van der Waals surface area contributed by atoms with Crippen molar-refractivity contribution in [2.24, 2.45) is 0 Å². The molecule has 0 bridgehead atoms. The van der Waals surface area contributed by atoms with E-state index in [2.05, 4.69) is 9.80 Å². The van der Waals surface area contributed by atoms with Crippen LogP contribution in [0.1, 0.15) is 18.1 Å². The Morgan fingerprint density at radius 1 is 0.816 bits per heavy atom. The zero-order valence-electron chi connectivity index (χ0n) is 22.9. The molecule has 1 fully saturated rings. The molecule has 1 heterocycles. The van der Waals surface area contributed by atoms with Crippen molar-refractivity contribution in [2.75, 3.05) is 59.0 Å². The summed E-state index contributed by atoms with van der Waals surface area (Å²) in [6, 6.07) is 17.7. The molecule has 1 N–H and O–H groups in total. The third-order valence-corrected chi connectivity index (χ3v) is 6.59. The van der Waals surface area contributed by atoms with Crippen LogP contribution in [0.4, 0.5) is 5.69 Å². The van der Waals surface area contributed by atoms with Gasteiger partial charge < -0.3 is 33.7 Å². The van der Waals surface area contributed by atoms with Gasteiger partial charge in [-0.2, -0.15) is 0 Å². The second kappa shape index (κ2) is 12.8. The summed E-state index contributed by atoms with van der Waals surface area (Å²) >= 11 is 0. The van der Waals surface area contributed by atoms with Crippen LogP contribution in [0.15, 0.2) is 54.6 Å². The number of β-amino-alcohol motifs (C(OH)–C–C–N with tert-alkyl or cyclic N) is 1. The van der Waals surface area contributed by atoms with Crippen molar-refractivity contribution in [1.82, 2.24) is 4.90 Å². The summed E-state index contributed by atoms with van der Waals surface area (Å²) in [6.07, 6.45) is -0.323. The molecule has 3 aromatic rings. The fraction of sp³-hybridized carbons (Fsp3) is 0.400. The summed E-state index contributed by atoms with van der Waals surface area (Å²) in [5, 5.41) is 9.69. The molecule has 1 aliphatic rings. The maximum absolute atomic E-state index is 9.69. The first kappa shape index (κ1) is 27.4. The summed E-state index contributed by atoms with van der Waals surface area (Å²) in [6.45, 7) is 8.38. The molecular weight excluding hydrogens is 484 g/mol. The van der Waals surface area contributed by atoms with Gasteiger partial charge in [0.05, 0.1) is 33.1 Å². The van der Waals surface area contributed by atoms with E-state index < -0.39 is 0 Å². The van der Waals surface area contributed by atoms with Crippen molar-refractivity contribution in [1.29, 1.82) is 0 Å². The lowest BCUT2D eigenvalue weighted by atomic mass is 10.1. The molecular formula is C30H38N2O6. The molecule has 1 unspecified atom stereocenters. The summed E-state index contributed by atoms with van der Waals surface area (Å²) in [7, 11) is 4.84. The van der Waals surface area contributed by atoms with E-state index in [-0.39, 0.29) is 6.10 Å². The van der Waals surface area contributed by atoms with Gasteiger partial charge in [0.15, 0.2) is 11.5 Å². The largest absolute Gasteiger partial charge is 0.494 e. The van der Waals surface area contributed by atoms with E-state index in [1.807, 2.05) is 68.4 Å². The van der Waals surface area contributed by atoms with Gasteiger partial charge in [0, 0.05) is 38.8 Å². The van der Waals surface area contributed by atoms with E-state index in [9.17, 15) is 5.11 Å². The number of rotatable bonds is 11. The van der Waals surface area contributed by atoms with Crippen molar-refractivity contribution in [3.8, 4) is 34.5 Å². The maximum atomic E-state index is 9.69. The Morgan fingerprint density at radius 2 is 1.53 bits per heavy atom. The number of nitrogens with zero attached hydrogens (tertiary/aromatic N) is 2. The molecule has 4 rings (SSSR count). The fourth-order valence-electron chi connectivity index (χ4n) is 4.74. The first-order valence-electron chi connectivity index (χ1n) is 12.9. The van der Waals surface area contributed by atoms with Crippen LogP contribution in [0.5, 0.6) is 34.5 Å². The number of benzene rings is 3.